The molecule has 1 aliphatic rings. The molecule has 108 valence electrons. The van der Waals surface area contributed by atoms with Gasteiger partial charge in [0.15, 0.2) is 0 Å². The molecule has 0 aromatic carbocycles. The summed E-state index contributed by atoms with van der Waals surface area (Å²) < 4.78 is 4.98. The van der Waals surface area contributed by atoms with Crippen molar-refractivity contribution in [2.24, 2.45) is 5.92 Å². The maximum atomic E-state index is 11.1. The van der Waals surface area contributed by atoms with E-state index < -0.39 is 16.8 Å². The number of carboxylic acids is 1. The number of rotatable bonds is 4. The normalized spacial score (nSPS) is 18.6. The highest BCUT2D eigenvalue weighted by molar-refractivity contribution is 5.72. The van der Waals surface area contributed by atoms with Crippen molar-refractivity contribution in [2.45, 2.75) is 12.8 Å². The third kappa shape index (κ3) is 2.79. The van der Waals surface area contributed by atoms with E-state index in [4.69, 9.17) is 9.84 Å². The van der Waals surface area contributed by atoms with E-state index in [0.29, 0.717) is 19.4 Å². The van der Waals surface area contributed by atoms with Gasteiger partial charge in [0.1, 0.15) is 0 Å². The number of carbonyl (C=O) groups is 1. The minimum absolute atomic E-state index is 0.142. The first-order valence-corrected chi connectivity index (χ1v) is 6.20. The fourth-order valence-corrected chi connectivity index (χ4v) is 2.28. The lowest BCUT2D eigenvalue weighted by molar-refractivity contribution is -0.384. The maximum absolute atomic E-state index is 11.1. The molecule has 1 atom stereocenters. The molecule has 0 amide bonds. The van der Waals surface area contributed by atoms with Gasteiger partial charge in [0.05, 0.1) is 18.0 Å². The number of nitro groups is 1. The molecule has 1 fully saturated rings. The monoisotopic (exact) mass is 281 g/mol. The highest BCUT2D eigenvalue weighted by Crippen LogP contribution is 2.31. The molecule has 8 nitrogen and oxygen atoms in total. The Kier molecular flexibility index (Phi) is 4.02. The number of carboxylic acid groups (broad SMARTS) is 1. The van der Waals surface area contributed by atoms with Gasteiger partial charge in [0, 0.05) is 25.2 Å². The molecule has 1 aromatic heterocycles. The number of nitrogens with zero attached hydrogens (tertiary/aromatic N) is 3. The molecule has 2 heterocycles. The van der Waals surface area contributed by atoms with Crippen LogP contribution in [0.1, 0.15) is 12.8 Å². The minimum Gasteiger partial charge on any atom is -0.481 e. The van der Waals surface area contributed by atoms with Crippen LogP contribution in [0.15, 0.2) is 12.1 Å². The topological polar surface area (TPSA) is 106 Å². The molecule has 1 aromatic rings. The van der Waals surface area contributed by atoms with Crippen molar-refractivity contribution in [3.63, 3.8) is 0 Å². The number of anilines is 1. The Morgan fingerprint density at radius 2 is 2.35 bits per heavy atom. The van der Waals surface area contributed by atoms with Crippen molar-refractivity contribution in [1.29, 1.82) is 0 Å². The molecule has 1 unspecified atom stereocenters. The van der Waals surface area contributed by atoms with Crippen LogP contribution in [0.3, 0.4) is 0 Å². The van der Waals surface area contributed by atoms with E-state index in [1.807, 2.05) is 0 Å². The van der Waals surface area contributed by atoms with Crippen molar-refractivity contribution >= 4 is 17.5 Å². The lowest BCUT2D eigenvalue weighted by Crippen LogP contribution is -2.39. The van der Waals surface area contributed by atoms with Gasteiger partial charge in [-0.2, -0.15) is 4.98 Å². The molecule has 1 aliphatic heterocycles. The zero-order valence-corrected chi connectivity index (χ0v) is 11.0. The van der Waals surface area contributed by atoms with Crippen LogP contribution in [0.5, 0.6) is 5.88 Å². The zero-order valence-electron chi connectivity index (χ0n) is 11.0. The SMILES string of the molecule is COc1ccc([N+](=O)[O-])c(N2CCCC(C(=O)O)C2)n1. The Labute approximate surface area is 115 Å². The number of aliphatic carboxylic acids is 1. The third-order valence-corrected chi connectivity index (χ3v) is 3.30. The standard InChI is InChI=1S/C12H15N3O5/c1-20-10-5-4-9(15(18)19)11(13-10)14-6-2-3-8(7-14)12(16)17/h4-5,8H,2-3,6-7H2,1H3,(H,16,17). The summed E-state index contributed by atoms with van der Waals surface area (Å²) in [5.74, 6) is -0.986. The second kappa shape index (κ2) is 5.72. The fourth-order valence-electron chi connectivity index (χ4n) is 2.28. The first-order valence-electron chi connectivity index (χ1n) is 6.20. The number of ether oxygens (including phenoxy) is 1. The maximum Gasteiger partial charge on any atom is 0.311 e. The lowest BCUT2D eigenvalue weighted by Gasteiger charge is -2.31. The molecule has 2 rings (SSSR count). The Hall–Kier alpha value is -2.38. The Morgan fingerprint density at radius 3 is 2.95 bits per heavy atom. The predicted octanol–water partition coefficient (Wildman–Crippen LogP) is 1.30. The fraction of sp³-hybridized carbons (Fsp3) is 0.500. The van der Waals surface area contributed by atoms with Gasteiger partial charge in [-0.05, 0) is 12.8 Å². The number of hydrogen-bond acceptors (Lipinski definition) is 6. The summed E-state index contributed by atoms with van der Waals surface area (Å²) in [5.41, 5.74) is -0.142. The van der Waals surface area contributed by atoms with Crippen molar-refractivity contribution in [3.8, 4) is 5.88 Å². The average molecular weight is 281 g/mol. The average Bonchev–Trinajstić information content (AvgIpc) is 2.46. The van der Waals surface area contributed by atoms with Gasteiger partial charge in [-0.15, -0.1) is 0 Å². The smallest absolute Gasteiger partial charge is 0.311 e. The van der Waals surface area contributed by atoms with Crippen LogP contribution in [0.2, 0.25) is 0 Å². The van der Waals surface area contributed by atoms with E-state index in [9.17, 15) is 14.9 Å². The van der Waals surface area contributed by atoms with Gasteiger partial charge in [0.2, 0.25) is 11.7 Å². The lowest BCUT2D eigenvalue weighted by atomic mass is 9.98. The largest absolute Gasteiger partial charge is 0.481 e. The van der Waals surface area contributed by atoms with Crippen LogP contribution in [0.25, 0.3) is 0 Å². The van der Waals surface area contributed by atoms with Gasteiger partial charge < -0.3 is 14.7 Å². The van der Waals surface area contributed by atoms with Crippen molar-refractivity contribution in [2.75, 3.05) is 25.1 Å². The molecular weight excluding hydrogens is 266 g/mol. The Morgan fingerprint density at radius 1 is 1.60 bits per heavy atom. The molecule has 8 heteroatoms. The number of hydrogen-bond donors (Lipinski definition) is 1. The zero-order chi connectivity index (χ0) is 14.7. The molecule has 1 N–H and O–H groups in total. The van der Waals surface area contributed by atoms with E-state index in [-0.39, 0.29) is 23.9 Å². The number of piperidine rings is 1. The van der Waals surface area contributed by atoms with E-state index in [2.05, 4.69) is 4.98 Å². The number of aromatic nitrogens is 1. The van der Waals surface area contributed by atoms with Gasteiger partial charge in [0.25, 0.3) is 0 Å². The van der Waals surface area contributed by atoms with Crippen molar-refractivity contribution < 1.29 is 19.6 Å². The Balaban J connectivity index is 2.34. The third-order valence-electron chi connectivity index (χ3n) is 3.30. The van der Waals surface area contributed by atoms with Crippen LogP contribution in [-0.4, -0.2) is 41.2 Å². The van der Waals surface area contributed by atoms with Crippen LogP contribution >= 0.6 is 0 Å². The van der Waals surface area contributed by atoms with Crippen LogP contribution in [0.4, 0.5) is 11.5 Å². The van der Waals surface area contributed by atoms with Crippen LogP contribution in [-0.2, 0) is 4.79 Å². The molecule has 0 radical (unpaired) electrons. The quantitative estimate of drug-likeness (QED) is 0.654. The first-order chi connectivity index (χ1) is 9.52. The number of methoxy groups -OCH3 is 1. The van der Waals surface area contributed by atoms with E-state index >= 15 is 0 Å². The molecule has 0 aliphatic carbocycles. The molecule has 20 heavy (non-hydrogen) atoms. The summed E-state index contributed by atoms with van der Waals surface area (Å²) in [4.78, 5) is 27.3. The number of pyridine rings is 1. The van der Waals surface area contributed by atoms with Crippen LogP contribution < -0.4 is 9.64 Å². The molecule has 0 saturated carbocycles. The summed E-state index contributed by atoms with van der Waals surface area (Å²) in [6.45, 7) is 0.765. The predicted molar refractivity (Wildman–Crippen MR) is 70.0 cm³/mol. The summed E-state index contributed by atoms with van der Waals surface area (Å²) in [7, 11) is 1.42. The van der Waals surface area contributed by atoms with E-state index in [1.165, 1.54) is 19.2 Å². The second-order valence-corrected chi connectivity index (χ2v) is 4.58. The highest BCUT2D eigenvalue weighted by atomic mass is 16.6. The molecule has 0 spiro atoms. The molecular formula is C12H15N3O5. The minimum atomic E-state index is -0.889. The molecule has 0 bridgehead atoms. The first kappa shape index (κ1) is 14.0. The van der Waals surface area contributed by atoms with Gasteiger partial charge in [-0.1, -0.05) is 0 Å². The highest BCUT2D eigenvalue weighted by Gasteiger charge is 2.30. The summed E-state index contributed by atoms with van der Waals surface area (Å²) in [6, 6.07) is 2.74. The van der Waals surface area contributed by atoms with Gasteiger partial charge in [-0.25, -0.2) is 0 Å². The molecule has 1 saturated heterocycles. The van der Waals surface area contributed by atoms with E-state index in [0.717, 1.165) is 0 Å². The van der Waals surface area contributed by atoms with E-state index in [1.54, 1.807) is 4.90 Å². The van der Waals surface area contributed by atoms with Crippen molar-refractivity contribution in [1.82, 2.24) is 4.98 Å². The van der Waals surface area contributed by atoms with Crippen LogP contribution in [0, 0.1) is 16.0 Å². The summed E-state index contributed by atoms with van der Waals surface area (Å²) >= 11 is 0. The Bertz CT molecular complexity index is 534. The summed E-state index contributed by atoms with van der Waals surface area (Å²) in [6.07, 6.45) is 1.23. The second-order valence-electron chi connectivity index (χ2n) is 4.58. The summed E-state index contributed by atoms with van der Waals surface area (Å²) in [5, 5.41) is 20.1. The van der Waals surface area contributed by atoms with Crippen molar-refractivity contribution in [3.05, 3.63) is 22.2 Å². The van der Waals surface area contributed by atoms with Gasteiger partial charge in [-0.3, -0.25) is 14.9 Å². The van der Waals surface area contributed by atoms with Gasteiger partial charge >= 0.3 is 11.7 Å².